The molecule has 0 saturated heterocycles. The van der Waals surface area contributed by atoms with E-state index in [0.717, 1.165) is 5.57 Å². The summed E-state index contributed by atoms with van der Waals surface area (Å²) < 4.78 is 0. The normalized spacial score (nSPS) is 19.8. The Balaban J connectivity index is 2.60. The monoisotopic (exact) mass is 384 g/mol. The third-order valence-corrected chi connectivity index (χ3v) is 5.49. The lowest BCUT2D eigenvalue weighted by atomic mass is 9.72. The molecule has 3 nitrogen and oxygen atoms in total. The molecular formula is C25H40N2O. The van der Waals surface area contributed by atoms with Crippen LogP contribution in [-0.2, 0) is 4.79 Å². The van der Waals surface area contributed by atoms with Crippen LogP contribution < -0.4 is 11.1 Å². The number of carbonyl (C=O) groups is 1. The minimum Gasteiger partial charge on any atom is -0.351 e. The van der Waals surface area contributed by atoms with Crippen molar-refractivity contribution in [3.05, 3.63) is 58.7 Å². The summed E-state index contributed by atoms with van der Waals surface area (Å²) in [5, 5.41) is 2.86. The Morgan fingerprint density at radius 2 is 1.89 bits per heavy atom. The molecule has 0 heterocycles. The standard InChI is InChI=1S/C25H40N2O/c1-18(2)23(26)24(28)27-17-15-20(4)11-8-10-19(3)13-14-22-21(5)12-9-16-25(22,6)7/h8,10-11,13-15,18,23H,9,12,16-17,26H2,1-7H3,(H,27,28)/t23-/m1/s1. The average molecular weight is 385 g/mol. The smallest absolute Gasteiger partial charge is 0.237 e. The van der Waals surface area contributed by atoms with Crippen LogP contribution in [0.25, 0.3) is 0 Å². The van der Waals surface area contributed by atoms with Crippen LogP contribution >= 0.6 is 0 Å². The summed E-state index contributed by atoms with van der Waals surface area (Å²) in [6.45, 7) is 15.5. The zero-order chi connectivity index (χ0) is 21.3. The van der Waals surface area contributed by atoms with Crippen molar-refractivity contribution in [1.29, 1.82) is 0 Å². The summed E-state index contributed by atoms with van der Waals surface area (Å²) in [4.78, 5) is 11.8. The minimum absolute atomic E-state index is 0.0980. The van der Waals surface area contributed by atoms with Crippen molar-refractivity contribution in [2.45, 2.75) is 73.8 Å². The summed E-state index contributed by atoms with van der Waals surface area (Å²) >= 11 is 0. The molecule has 0 aromatic heterocycles. The van der Waals surface area contributed by atoms with Crippen LogP contribution in [0.3, 0.4) is 0 Å². The van der Waals surface area contributed by atoms with Crippen molar-refractivity contribution < 1.29 is 4.79 Å². The van der Waals surface area contributed by atoms with E-state index in [9.17, 15) is 4.79 Å². The molecule has 0 spiro atoms. The molecule has 0 saturated carbocycles. The highest BCUT2D eigenvalue weighted by Gasteiger charge is 2.26. The van der Waals surface area contributed by atoms with Gasteiger partial charge in [-0.2, -0.15) is 0 Å². The van der Waals surface area contributed by atoms with E-state index in [-0.39, 0.29) is 17.2 Å². The third-order valence-electron chi connectivity index (χ3n) is 5.49. The van der Waals surface area contributed by atoms with Gasteiger partial charge in [-0.25, -0.2) is 0 Å². The van der Waals surface area contributed by atoms with Crippen molar-refractivity contribution in [2.24, 2.45) is 17.1 Å². The molecule has 1 aliphatic carbocycles. The third kappa shape index (κ3) is 8.02. The number of nitrogens with one attached hydrogen (secondary N) is 1. The lowest BCUT2D eigenvalue weighted by Crippen LogP contribution is -2.43. The Bertz CT molecular complexity index is 687. The van der Waals surface area contributed by atoms with E-state index in [4.69, 9.17) is 5.73 Å². The van der Waals surface area contributed by atoms with Gasteiger partial charge >= 0.3 is 0 Å². The fraction of sp³-hybridized carbons (Fsp3) is 0.560. The van der Waals surface area contributed by atoms with Gasteiger partial charge in [0.05, 0.1) is 6.04 Å². The fourth-order valence-electron chi connectivity index (χ4n) is 3.43. The van der Waals surface area contributed by atoms with E-state index in [1.54, 1.807) is 0 Å². The zero-order valence-corrected chi connectivity index (χ0v) is 18.9. The van der Waals surface area contributed by atoms with E-state index in [1.807, 2.05) is 26.8 Å². The summed E-state index contributed by atoms with van der Waals surface area (Å²) in [5.74, 6) is 0.0454. The Morgan fingerprint density at radius 1 is 1.21 bits per heavy atom. The Kier molecular flexibility index (Phi) is 9.68. The molecule has 0 radical (unpaired) electrons. The predicted molar refractivity (Wildman–Crippen MR) is 122 cm³/mol. The molecule has 3 N–H and O–H groups in total. The predicted octanol–water partition coefficient (Wildman–Crippen LogP) is 5.62. The summed E-state index contributed by atoms with van der Waals surface area (Å²) in [5.41, 5.74) is 11.5. The van der Waals surface area contributed by atoms with Gasteiger partial charge < -0.3 is 11.1 Å². The molecule has 28 heavy (non-hydrogen) atoms. The van der Waals surface area contributed by atoms with Crippen LogP contribution in [0, 0.1) is 11.3 Å². The van der Waals surface area contributed by atoms with Gasteiger partial charge in [0.15, 0.2) is 0 Å². The highest BCUT2D eigenvalue weighted by Crippen LogP contribution is 2.40. The second kappa shape index (κ2) is 11.2. The second-order valence-corrected chi connectivity index (χ2v) is 9.00. The van der Waals surface area contributed by atoms with Gasteiger partial charge in [-0.05, 0) is 56.9 Å². The van der Waals surface area contributed by atoms with Gasteiger partial charge in [-0.15, -0.1) is 0 Å². The molecule has 3 heteroatoms. The molecule has 1 amide bonds. The van der Waals surface area contributed by atoms with Crippen molar-refractivity contribution in [3.8, 4) is 0 Å². The molecule has 0 fully saturated rings. The fourth-order valence-corrected chi connectivity index (χ4v) is 3.43. The maximum Gasteiger partial charge on any atom is 0.237 e. The van der Waals surface area contributed by atoms with Crippen molar-refractivity contribution in [3.63, 3.8) is 0 Å². The molecular weight excluding hydrogens is 344 g/mol. The van der Waals surface area contributed by atoms with Gasteiger partial charge in [0, 0.05) is 6.54 Å². The molecule has 0 bridgehead atoms. The van der Waals surface area contributed by atoms with E-state index < -0.39 is 6.04 Å². The molecule has 156 valence electrons. The number of hydrogen-bond donors (Lipinski definition) is 2. The molecule has 0 aromatic rings. The highest BCUT2D eigenvalue weighted by molar-refractivity contribution is 5.81. The van der Waals surface area contributed by atoms with Crippen LogP contribution in [-0.4, -0.2) is 18.5 Å². The second-order valence-electron chi connectivity index (χ2n) is 9.00. The number of allylic oxidation sites excluding steroid dienone is 9. The van der Waals surface area contributed by atoms with Crippen LogP contribution in [0.2, 0.25) is 0 Å². The lowest BCUT2D eigenvalue weighted by molar-refractivity contribution is -0.123. The first-order chi connectivity index (χ1) is 13.0. The maximum absolute atomic E-state index is 11.8. The highest BCUT2D eigenvalue weighted by atomic mass is 16.2. The summed E-state index contributed by atoms with van der Waals surface area (Å²) in [6, 6.07) is -0.450. The van der Waals surface area contributed by atoms with Gasteiger partial charge in [-0.1, -0.05) is 80.9 Å². The molecule has 1 rings (SSSR count). The van der Waals surface area contributed by atoms with Gasteiger partial charge in [-0.3, -0.25) is 4.79 Å². The first-order valence-corrected chi connectivity index (χ1v) is 10.5. The van der Waals surface area contributed by atoms with Crippen molar-refractivity contribution in [1.82, 2.24) is 5.32 Å². The van der Waals surface area contributed by atoms with Gasteiger partial charge in [0.25, 0.3) is 0 Å². The lowest BCUT2D eigenvalue weighted by Gasteiger charge is -2.32. The summed E-state index contributed by atoms with van der Waals surface area (Å²) in [7, 11) is 0. The number of hydrogen-bond acceptors (Lipinski definition) is 2. The van der Waals surface area contributed by atoms with Gasteiger partial charge in [0.2, 0.25) is 5.91 Å². The Labute approximate surface area is 172 Å². The number of rotatable bonds is 8. The SMILES string of the molecule is CC(C=CC1=C(C)CCCC1(C)C)=CC=CC(C)=CCNC(=O)[C@H](N)C(C)C. The van der Waals surface area contributed by atoms with Crippen LogP contribution in [0.15, 0.2) is 58.7 Å². The van der Waals surface area contributed by atoms with E-state index in [0.29, 0.717) is 6.54 Å². The molecule has 1 aliphatic rings. The number of carbonyl (C=O) groups excluding carboxylic acids is 1. The number of amides is 1. The van der Waals surface area contributed by atoms with E-state index in [1.165, 1.54) is 36.0 Å². The minimum atomic E-state index is -0.450. The summed E-state index contributed by atoms with van der Waals surface area (Å²) in [6.07, 6.45) is 16.5. The molecule has 0 aliphatic heterocycles. The quantitative estimate of drug-likeness (QED) is 0.534. The first kappa shape index (κ1) is 24.2. The van der Waals surface area contributed by atoms with Crippen LogP contribution in [0.4, 0.5) is 0 Å². The van der Waals surface area contributed by atoms with Crippen LogP contribution in [0.5, 0.6) is 0 Å². The van der Waals surface area contributed by atoms with Crippen LogP contribution in [0.1, 0.15) is 67.7 Å². The van der Waals surface area contributed by atoms with E-state index in [2.05, 4.69) is 63.4 Å². The number of nitrogens with two attached hydrogens (primary N) is 1. The molecule has 1 atom stereocenters. The first-order valence-electron chi connectivity index (χ1n) is 10.5. The molecule has 0 unspecified atom stereocenters. The Morgan fingerprint density at radius 3 is 2.50 bits per heavy atom. The average Bonchev–Trinajstić information content (AvgIpc) is 2.59. The van der Waals surface area contributed by atoms with E-state index >= 15 is 0 Å². The van der Waals surface area contributed by atoms with Crippen molar-refractivity contribution in [2.75, 3.05) is 6.54 Å². The molecule has 0 aromatic carbocycles. The van der Waals surface area contributed by atoms with Crippen molar-refractivity contribution >= 4 is 5.91 Å². The topological polar surface area (TPSA) is 55.1 Å². The maximum atomic E-state index is 11.8. The largest absolute Gasteiger partial charge is 0.351 e. The van der Waals surface area contributed by atoms with Gasteiger partial charge in [0.1, 0.15) is 0 Å². The Hall–Kier alpha value is -1.87. The zero-order valence-electron chi connectivity index (χ0n) is 18.9.